The third kappa shape index (κ3) is 4.84. The molecule has 0 amide bonds. The fourth-order valence-corrected chi connectivity index (χ4v) is 3.76. The molecule has 0 aromatic heterocycles. The zero-order valence-corrected chi connectivity index (χ0v) is 13.0. The van der Waals surface area contributed by atoms with Crippen molar-refractivity contribution in [2.75, 3.05) is 12.3 Å². The molecule has 0 fully saturated rings. The molecular formula is C15H16FNO2S2. The average Bonchev–Trinajstić information content (AvgIpc) is 2.49. The van der Waals surface area contributed by atoms with E-state index in [1.165, 1.54) is 17.8 Å². The van der Waals surface area contributed by atoms with Crippen molar-refractivity contribution < 1.29 is 12.8 Å². The summed E-state index contributed by atoms with van der Waals surface area (Å²) in [6.45, 7) is 0.316. The Morgan fingerprint density at radius 3 is 2.38 bits per heavy atom. The number of hydrogen-bond acceptors (Lipinski definition) is 3. The maximum Gasteiger partial charge on any atom is 0.240 e. The van der Waals surface area contributed by atoms with Gasteiger partial charge in [0.05, 0.1) is 4.90 Å². The minimum atomic E-state index is -3.45. The lowest BCUT2D eigenvalue weighted by Crippen LogP contribution is -2.26. The second-order valence-electron chi connectivity index (χ2n) is 4.35. The van der Waals surface area contributed by atoms with Crippen LogP contribution in [0.4, 0.5) is 4.39 Å². The summed E-state index contributed by atoms with van der Waals surface area (Å²) in [5.41, 5.74) is 0.633. The molecular weight excluding hydrogens is 309 g/mol. The van der Waals surface area contributed by atoms with Crippen LogP contribution in [0.25, 0.3) is 0 Å². The minimum Gasteiger partial charge on any atom is -0.210 e. The number of halogens is 1. The normalized spacial score (nSPS) is 11.5. The van der Waals surface area contributed by atoms with E-state index < -0.39 is 10.0 Å². The first-order chi connectivity index (χ1) is 10.1. The highest BCUT2D eigenvalue weighted by atomic mass is 32.2. The molecule has 21 heavy (non-hydrogen) atoms. The van der Waals surface area contributed by atoms with Crippen molar-refractivity contribution in [3.05, 3.63) is 66.0 Å². The molecule has 112 valence electrons. The Balaban J connectivity index is 1.77. The van der Waals surface area contributed by atoms with Gasteiger partial charge in [-0.2, -0.15) is 11.8 Å². The van der Waals surface area contributed by atoms with E-state index in [-0.39, 0.29) is 10.7 Å². The molecule has 0 aliphatic rings. The van der Waals surface area contributed by atoms with E-state index in [0.29, 0.717) is 23.6 Å². The van der Waals surface area contributed by atoms with Crippen LogP contribution in [-0.4, -0.2) is 20.7 Å². The standard InChI is InChI=1S/C15H16FNO2S2/c16-15-9-5-4-6-13(15)12-20-11-10-17-21(18,19)14-7-2-1-3-8-14/h1-9,17H,10-12H2. The highest BCUT2D eigenvalue weighted by Crippen LogP contribution is 2.15. The molecule has 0 unspecified atom stereocenters. The summed E-state index contributed by atoms with van der Waals surface area (Å²) in [7, 11) is -3.45. The number of nitrogens with one attached hydrogen (secondary N) is 1. The predicted octanol–water partition coefficient (Wildman–Crippen LogP) is 3.04. The first kappa shape index (κ1) is 16.0. The van der Waals surface area contributed by atoms with Crippen molar-refractivity contribution in [3.63, 3.8) is 0 Å². The lowest BCUT2D eigenvalue weighted by molar-refractivity contribution is 0.584. The van der Waals surface area contributed by atoms with Crippen molar-refractivity contribution in [3.8, 4) is 0 Å². The van der Waals surface area contributed by atoms with E-state index in [1.54, 1.807) is 48.5 Å². The fraction of sp³-hybridized carbons (Fsp3) is 0.200. The van der Waals surface area contributed by atoms with Crippen LogP contribution in [-0.2, 0) is 15.8 Å². The molecule has 0 aliphatic carbocycles. The summed E-state index contributed by atoms with van der Waals surface area (Å²) in [6.07, 6.45) is 0. The third-order valence-electron chi connectivity index (χ3n) is 2.81. The van der Waals surface area contributed by atoms with Crippen molar-refractivity contribution >= 4 is 21.8 Å². The molecule has 0 saturated heterocycles. The van der Waals surface area contributed by atoms with Gasteiger partial charge in [-0.3, -0.25) is 0 Å². The van der Waals surface area contributed by atoms with Gasteiger partial charge in [0.1, 0.15) is 5.82 Å². The molecule has 0 atom stereocenters. The van der Waals surface area contributed by atoms with Gasteiger partial charge in [0, 0.05) is 18.1 Å². The number of benzene rings is 2. The van der Waals surface area contributed by atoms with E-state index in [9.17, 15) is 12.8 Å². The highest BCUT2D eigenvalue weighted by molar-refractivity contribution is 7.98. The molecule has 2 aromatic carbocycles. The van der Waals surface area contributed by atoms with Gasteiger partial charge in [-0.25, -0.2) is 17.5 Å². The molecule has 0 aliphatic heterocycles. The molecule has 2 aromatic rings. The van der Waals surface area contributed by atoms with Gasteiger partial charge in [-0.15, -0.1) is 0 Å². The molecule has 2 rings (SSSR count). The Bertz CT molecular complexity index is 675. The SMILES string of the molecule is O=S(=O)(NCCSCc1ccccc1F)c1ccccc1. The number of sulfonamides is 1. The zero-order chi connectivity index (χ0) is 15.1. The Kier molecular flexibility index (Phi) is 5.78. The second-order valence-corrected chi connectivity index (χ2v) is 7.23. The first-order valence-electron chi connectivity index (χ1n) is 6.45. The summed E-state index contributed by atoms with van der Waals surface area (Å²) in [5, 5.41) is 0. The van der Waals surface area contributed by atoms with E-state index in [0.717, 1.165) is 0 Å². The second kappa shape index (κ2) is 7.59. The Labute approximate surface area is 128 Å². The molecule has 3 nitrogen and oxygen atoms in total. The quantitative estimate of drug-likeness (QED) is 0.796. The summed E-state index contributed by atoms with van der Waals surface area (Å²) >= 11 is 1.49. The van der Waals surface area contributed by atoms with Crippen molar-refractivity contribution in [1.82, 2.24) is 4.72 Å². The van der Waals surface area contributed by atoms with E-state index >= 15 is 0 Å². The van der Waals surface area contributed by atoms with Crippen LogP contribution in [0.2, 0.25) is 0 Å². The summed E-state index contributed by atoms with van der Waals surface area (Å²) in [5.74, 6) is 0.884. The zero-order valence-electron chi connectivity index (χ0n) is 11.3. The molecule has 0 heterocycles. The van der Waals surface area contributed by atoms with E-state index in [1.807, 2.05) is 0 Å². The first-order valence-corrected chi connectivity index (χ1v) is 9.09. The number of rotatable bonds is 7. The number of thioether (sulfide) groups is 1. The molecule has 6 heteroatoms. The maximum absolute atomic E-state index is 13.4. The summed E-state index contributed by atoms with van der Waals surface area (Å²) < 4.78 is 39.8. The van der Waals surface area contributed by atoms with Gasteiger partial charge in [0.2, 0.25) is 10.0 Å². The summed E-state index contributed by atoms with van der Waals surface area (Å²) in [6, 6.07) is 14.8. The molecule has 0 bridgehead atoms. The highest BCUT2D eigenvalue weighted by Gasteiger charge is 2.11. The number of hydrogen-bond donors (Lipinski definition) is 1. The van der Waals surface area contributed by atoms with Gasteiger partial charge in [0.25, 0.3) is 0 Å². The minimum absolute atomic E-state index is 0.227. The van der Waals surface area contributed by atoms with Crippen LogP contribution in [0.15, 0.2) is 59.5 Å². The van der Waals surface area contributed by atoms with Crippen molar-refractivity contribution in [2.24, 2.45) is 0 Å². The topological polar surface area (TPSA) is 46.2 Å². The summed E-state index contributed by atoms with van der Waals surface area (Å²) in [4.78, 5) is 0.254. The smallest absolute Gasteiger partial charge is 0.210 e. The monoisotopic (exact) mass is 325 g/mol. The van der Waals surface area contributed by atoms with Crippen LogP contribution >= 0.6 is 11.8 Å². The van der Waals surface area contributed by atoms with Gasteiger partial charge in [-0.05, 0) is 23.8 Å². The largest absolute Gasteiger partial charge is 0.240 e. The van der Waals surface area contributed by atoms with Crippen LogP contribution in [0, 0.1) is 5.82 Å². The molecule has 0 spiro atoms. The molecule has 1 N–H and O–H groups in total. The van der Waals surface area contributed by atoms with Gasteiger partial charge >= 0.3 is 0 Å². The lowest BCUT2D eigenvalue weighted by Gasteiger charge is -2.07. The Morgan fingerprint density at radius 1 is 1.00 bits per heavy atom. The van der Waals surface area contributed by atoms with Gasteiger partial charge < -0.3 is 0 Å². The van der Waals surface area contributed by atoms with Gasteiger partial charge in [-0.1, -0.05) is 36.4 Å². The van der Waals surface area contributed by atoms with Crippen LogP contribution in [0.1, 0.15) is 5.56 Å². The van der Waals surface area contributed by atoms with Crippen LogP contribution in [0.3, 0.4) is 0 Å². The maximum atomic E-state index is 13.4. The fourth-order valence-electron chi connectivity index (χ4n) is 1.73. The van der Waals surface area contributed by atoms with Crippen LogP contribution < -0.4 is 4.72 Å². The Hall–Kier alpha value is -1.37. The van der Waals surface area contributed by atoms with Gasteiger partial charge in [0.15, 0.2) is 0 Å². The molecule has 0 radical (unpaired) electrons. The van der Waals surface area contributed by atoms with Crippen molar-refractivity contribution in [1.29, 1.82) is 0 Å². The average molecular weight is 325 g/mol. The van der Waals surface area contributed by atoms with Crippen LogP contribution in [0.5, 0.6) is 0 Å². The van der Waals surface area contributed by atoms with Crippen molar-refractivity contribution in [2.45, 2.75) is 10.6 Å². The van der Waals surface area contributed by atoms with E-state index in [4.69, 9.17) is 0 Å². The predicted molar refractivity (Wildman–Crippen MR) is 84.2 cm³/mol. The molecule has 0 saturated carbocycles. The van der Waals surface area contributed by atoms with E-state index in [2.05, 4.69) is 4.72 Å². The third-order valence-corrected chi connectivity index (χ3v) is 5.29. The Morgan fingerprint density at radius 2 is 1.67 bits per heavy atom. The lowest BCUT2D eigenvalue weighted by atomic mass is 10.2.